The highest BCUT2D eigenvalue weighted by Gasteiger charge is 2.11. The van der Waals surface area contributed by atoms with Crippen molar-refractivity contribution >= 4 is 0 Å². The van der Waals surface area contributed by atoms with E-state index in [0.717, 1.165) is 0 Å². The van der Waals surface area contributed by atoms with Crippen molar-refractivity contribution in [3.05, 3.63) is 0 Å². The maximum absolute atomic E-state index is 8.53. The van der Waals surface area contributed by atoms with Gasteiger partial charge in [-0.05, 0) is 0 Å². The van der Waals surface area contributed by atoms with E-state index >= 15 is 0 Å². The van der Waals surface area contributed by atoms with Crippen LogP contribution in [-0.2, 0) is 0 Å². The van der Waals surface area contributed by atoms with Gasteiger partial charge in [-0.25, -0.2) is 0 Å². The first-order chi connectivity index (χ1) is 4.12. The zero-order valence-electron chi connectivity index (χ0n) is 7.12. The fourth-order valence-corrected chi connectivity index (χ4v) is 0.653. The predicted octanol–water partition coefficient (Wildman–Crippen LogP) is -1.95. The number of aliphatic hydroxyl groups is 2. The van der Waals surface area contributed by atoms with E-state index < -0.39 is 0 Å². The molecule has 72 valence electrons. The Morgan fingerprint density at radius 3 is 1.45 bits per heavy atom. The molecule has 0 radical (unpaired) electrons. The summed E-state index contributed by atoms with van der Waals surface area (Å²) in [7, 11) is 3.96. The summed E-state index contributed by atoms with van der Waals surface area (Å²) in [5.74, 6) is 0. The number of likely N-dealkylation sites (N-methyl/N-ethyl adjacent to an activating group) is 1. The van der Waals surface area contributed by atoms with Crippen LogP contribution in [0.2, 0.25) is 0 Å². The van der Waals surface area contributed by atoms with Crippen LogP contribution in [-0.4, -0.2) is 66.0 Å². The third kappa shape index (κ3) is 9.80. The Bertz CT molecular complexity index is 69.0. The van der Waals surface area contributed by atoms with Crippen LogP contribution in [0.25, 0.3) is 0 Å². The molecule has 5 heteroatoms. The molecule has 0 bridgehead atoms. The van der Waals surface area contributed by atoms with Gasteiger partial charge in [-0.2, -0.15) is 0 Å². The highest BCUT2D eigenvalue weighted by Crippen LogP contribution is 1.92. The van der Waals surface area contributed by atoms with Crippen molar-refractivity contribution in [3.8, 4) is 0 Å². The van der Waals surface area contributed by atoms with Crippen molar-refractivity contribution in [2.75, 3.05) is 40.4 Å². The van der Waals surface area contributed by atoms with E-state index in [-0.39, 0.29) is 24.2 Å². The summed E-state index contributed by atoms with van der Waals surface area (Å²) < 4.78 is 0.688. The van der Waals surface area contributed by atoms with Crippen molar-refractivity contribution in [1.29, 1.82) is 0 Å². The van der Waals surface area contributed by atoms with Crippen molar-refractivity contribution < 1.29 is 25.6 Å². The lowest BCUT2D eigenvalue weighted by Gasteiger charge is -2.27. The molecule has 0 heterocycles. The highest BCUT2D eigenvalue weighted by molar-refractivity contribution is 4.29. The van der Waals surface area contributed by atoms with E-state index in [9.17, 15) is 0 Å². The van der Waals surface area contributed by atoms with Gasteiger partial charge in [-0.3, -0.25) is 0 Å². The molecule has 0 aromatic carbocycles. The van der Waals surface area contributed by atoms with Crippen molar-refractivity contribution in [2.24, 2.45) is 0 Å². The molecule has 0 fully saturated rings. The number of nitrogens with zero attached hydrogens (tertiary/aromatic N) is 1. The first-order valence-electron chi connectivity index (χ1n) is 3.16. The van der Waals surface area contributed by atoms with Gasteiger partial charge in [0.2, 0.25) is 0 Å². The maximum atomic E-state index is 8.53. The quantitative estimate of drug-likeness (QED) is 0.478. The summed E-state index contributed by atoms with van der Waals surface area (Å²) >= 11 is 0. The van der Waals surface area contributed by atoms with E-state index in [1.807, 2.05) is 14.1 Å². The second-order valence-electron chi connectivity index (χ2n) is 2.83. The largest absolute Gasteiger partial charge is 0.870 e. The SMILES string of the molecule is C[N+](C)(CCO)CCO.O.[OH-]. The minimum absolute atomic E-state index is 0. The molecule has 0 unspecified atom stereocenters. The molecule has 0 saturated heterocycles. The monoisotopic (exact) mass is 169 g/mol. The molecule has 0 rings (SSSR count). The zero-order valence-corrected chi connectivity index (χ0v) is 7.12. The summed E-state index contributed by atoms with van der Waals surface area (Å²) in [6.45, 7) is 1.79. The van der Waals surface area contributed by atoms with Gasteiger partial charge in [0.05, 0.1) is 27.3 Å². The van der Waals surface area contributed by atoms with Crippen LogP contribution in [0.3, 0.4) is 0 Å². The topological polar surface area (TPSA) is 102 Å². The molecule has 0 aliphatic rings. The standard InChI is InChI=1S/C6H16NO2.2H2O/c1-7(2,3-5-8)4-6-9;;/h8-9H,3-6H2,1-2H3;2*1H2/q+1;;/p-1. The molecule has 0 atom stereocenters. The van der Waals surface area contributed by atoms with Gasteiger partial charge < -0.3 is 25.6 Å². The van der Waals surface area contributed by atoms with E-state index in [1.54, 1.807) is 0 Å². The smallest absolute Gasteiger partial charge is 0.102 e. The van der Waals surface area contributed by atoms with Gasteiger partial charge in [-0.15, -0.1) is 0 Å². The molecule has 0 aromatic rings. The van der Waals surface area contributed by atoms with Crippen molar-refractivity contribution in [1.82, 2.24) is 0 Å². The first kappa shape index (κ1) is 17.0. The van der Waals surface area contributed by atoms with Crippen molar-refractivity contribution in [3.63, 3.8) is 0 Å². The van der Waals surface area contributed by atoms with Crippen LogP contribution in [0.5, 0.6) is 0 Å². The van der Waals surface area contributed by atoms with Gasteiger partial charge >= 0.3 is 0 Å². The second-order valence-corrected chi connectivity index (χ2v) is 2.83. The molecular weight excluding hydrogens is 150 g/mol. The lowest BCUT2D eigenvalue weighted by Crippen LogP contribution is -2.43. The van der Waals surface area contributed by atoms with Crippen molar-refractivity contribution in [2.45, 2.75) is 0 Å². The predicted molar refractivity (Wildman–Crippen MR) is 41.6 cm³/mol. The summed E-state index contributed by atoms with van der Waals surface area (Å²) in [5.41, 5.74) is 0. The lowest BCUT2D eigenvalue weighted by atomic mass is 10.4. The van der Waals surface area contributed by atoms with E-state index in [0.29, 0.717) is 17.6 Å². The summed E-state index contributed by atoms with van der Waals surface area (Å²) in [6.07, 6.45) is 0. The van der Waals surface area contributed by atoms with Crippen LogP contribution in [0.4, 0.5) is 0 Å². The molecule has 0 spiro atoms. The number of aliphatic hydroxyl groups excluding tert-OH is 2. The van der Waals surface area contributed by atoms with Gasteiger partial charge in [0.15, 0.2) is 0 Å². The number of hydrogen-bond donors (Lipinski definition) is 2. The molecule has 0 aromatic heterocycles. The molecule has 5 nitrogen and oxygen atoms in total. The summed E-state index contributed by atoms with van der Waals surface area (Å²) in [5, 5.41) is 17.1. The Balaban J connectivity index is -0.000000320. The molecule has 5 N–H and O–H groups in total. The summed E-state index contributed by atoms with van der Waals surface area (Å²) in [6, 6.07) is 0. The second kappa shape index (κ2) is 7.90. The molecule has 0 aliphatic carbocycles. The van der Waals surface area contributed by atoms with Crippen LogP contribution in [0.1, 0.15) is 0 Å². The van der Waals surface area contributed by atoms with Crippen LogP contribution in [0.15, 0.2) is 0 Å². The average Bonchev–Trinajstić information content (AvgIpc) is 1.64. The summed E-state index contributed by atoms with van der Waals surface area (Å²) in [4.78, 5) is 0. The minimum Gasteiger partial charge on any atom is -0.870 e. The zero-order chi connectivity index (χ0) is 7.33. The fourth-order valence-electron chi connectivity index (χ4n) is 0.653. The number of quaternary nitrogens is 1. The third-order valence-corrected chi connectivity index (χ3v) is 1.41. The third-order valence-electron chi connectivity index (χ3n) is 1.41. The van der Waals surface area contributed by atoms with Gasteiger partial charge in [0.25, 0.3) is 0 Å². The minimum atomic E-state index is 0. The Morgan fingerprint density at radius 2 is 1.27 bits per heavy atom. The van der Waals surface area contributed by atoms with E-state index in [2.05, 4.69) is 0 Å². The lowest BCUT2D eigenvalue weighted by molar-refractivity contribution is -0.890. The Morgan fingerprint density at radius 1 is 1.00 bits per heavy atom. The van der Waals surface area contributed by atoms with E-state index in [1.165, 1.54) is 0 Å². The molecule has 0 amide bonds. The van der Waals surface area contributed by atoms with Crippen LogP contribution in [0, 0.1) is 0 Å². The number of rotatable bonds is 4. The Labute approximate surface area is 67.1 Å². The Kier molecular flexibility index (Phi) is 12.2. The van der Waals surface area contributed by atoms with Gasteiger partial charge in [-0.1, -0.05) is 0 Å². The number of hydrogen-bond acceptors (Lipinski definition) is 3. The first-order valence-corrected chi connectivity index (χ1v) is 3.16. The normalized spacial score (nSPS) is 9.82. The Hall–Kier alpha value is -0.200. The van der Waals surface area contributed by atoms with E-state index in [4.69, 9.17) is 10.2 Å². The van der Waals surface area contributed by atoms with Gasteiger partial charge in [0.1, 0.15) is 13.1 Å². The molecule has 0 aliphatic heterocycles. The van der Waals surface area contributed by atoms with Gasteiger partial charge in [0, 0.05) is 0 Å². The fraction of sp³-hybridized carbons (Fsp3) is 1.00. The van der Waals surface area contributed by atoms with Crippen LogP contribution >= 0.6 is 0 Å². The highest BCUT2D eigenvalue weighted by atomic mass is 16.3. The molecule has 11 heavy (non-hydrogen) atoms. The van der Waals surface area contributed by atoms with Crippen LogP contribution < -0.4 is 0 Å². The molecule has 0 saturated carbocycles. The average molecular weight is 169 g/mol. The molecular formula is C6H19NO4. The maximum Gasteiger partial charge on any atom is 0.102 e.